The van der Waals surface area contributed by atoms with E-state index in [1.165, 1.54) is 0 Å². The van der Waals surface area contributed by atoms with Crippen molar-refractivity contribution in [2.24, 2.45) is 0 Å². The van der Waals surface area contributed by atoms with Crippen molar-refractivity contribution in [3.63, 3.8) is 0 Å². The minimum Gasteiger partial charge on any atom is -0.462 e. The molecule has 0 atom stereocenters. The molecule has 162 valence electrons. The normalized spacial score (nSPS) is 11.1. The van der Waals surface area contributed by atoms with E-state index < -0.39 is 23.6 Å². The lowest BCUT2D eigenvalue weighted by molar-refractivity contribution is 0.0525. The van der Waals surface area contributed by atoms with Crippen LogP contribution >= 0.6 is 0 Å². The highest BCUT2D eigenvalue weighted by molar-refractivity contribution is 6.04. The van der Waals surface area contributed by atoms with Gasteiger partial charge in [0.05, 0.1) is 23.2 Å². The Balaban J connectivity index is 1.66. The first-order valence-corrected chi connectivity index (χ1v) is 9.73. The third kappa shape index (κ3) is 5.81. The van der Waals surface area contributed by atoms with Crippen LogP contribution in [0.4, 0.5) is 16.2 Å². The zero-order chi connectivity index (χ0) is 22.6. The van der Waals surface area contributed by atoms with Gasteiger partial charge in [0, 0.05) is 11.4 Å². The minimum atomic E-state index is -0.596. The molecule has 0 aliphatic carbocycles. The van der Waals surface area contributed by atoms with Crippen LogP contribution in [0.2, 0.25) is 0 Å². The number of esters is 1. The van der Waals surface area contributed by atoms with Crippen molar-refractivity contribution < 1.29 is 23.9 Å². The Bertz CT molecular complexity index is 1110. The monoisotopic (exact) mass is 424 g/mol. The summed E-state index contributed by atoms with van der Waals surface area (Å²) >= 11 is 0. The van der Waals surface area contributed by atoms with E-state index in [0.29, 0.717) is 28.0 Å². The molecule has 1 heterocycles. The zero-order valence-corrected chi connectivity index (χ0v) is 17.7. The van der Waals surface area contributed by atoms with Gasteiger partial charge in [-0.05, 0) is 70.2 Å². The van der Waals surface area contributed by atoms with Gasteiger partial charge in [-0.3, -0.25) is 10.1 Å². The van der Waals surface area contributed by atoms with Gasteiger partial charge >= 0.3 is 12.1 Å². The molecular formula is C22H24N4O5. The van der Waals surface area contributed by atoms with Gasteiger partial charge < -0.3 is 19.8 Å². The number of imidazole rings is 1. The number of hydrogen-bond donors (Lipinski definition) is 3. The second kappa shape index (κ2) is 8.86. The van der Waals surface area contributed by atoms with Crippen LogP contribution in [0.3, 0.4) is 0 Å². The van der Waals surface area contributed by atoms with E-state index >= 15 is 0 Å². The van der Waals surface area contributed by atoms with Gasteiger partial charge in [0.15, 0.2) is 5.82 Å². The van der Waals surface area contributed by atoms with Crippen LogP contribution in [0.5, 0.6) is 0 Å². The largest absolute Gasteiger partial charge is 0.462 e. The number of carbonyl (C=O) groups is 3. The van der Waals surface area contributed by atoms with Crippen molar-refractivity contribution in [3.8, 4) is 0 Å². The van der Waals surface area contributed by atoms with Crippen LogP contribution in [0, 0.1) is 0 Å². The number of nitrogens with one attached hydrogen (secondary N) is 3. The molecule has 0 fully saturated rings. The third-order valence-corrected chi connectivity index (χ3v) is 4.00. The number of ether oxygens (including phenoxy) is 2. The minimum absolute atomic E-state index is 0.104. The maximum Gasteiger partial charge on any atom is 0.412 e. The summed E-state index contributed by atoms with van der Waals surface area (Å²) in [5.41, 5.74) is 1.92. The fraction of sp³-hybridized carbons (Fsp3) is 0.273. The highest BCUT2D eigenvalue weighted by Crippen LogP contribution is 2.18. The first-order chi connectivity index (χ1) is 14.6. The number of anilines is 2. The van der Waals surface area contributed by atoms with Crippen molar-refractivity contribution >= 4 is 40.4 Å². The smallest absolute Gasteiger partial charge is 0.412 e. The molecule has 0 aliphatic rings. The lowest BCUT2D eigenvalue weighted by Crippen LogP contribution is -2.27. The first kappa shape index (κ1) is 21.8. The predicted molar refractivity (Wildman–Crippen MR) is 116 cm³/mol. The standard InChI is InChI=1S/C22H24N4O5/c1-5-30-20(28)13-6-11-16-17(12-13)26-18(25-16)19(27)23-14-7-9-15(10-8-14)24-21(29)31-22(2,3)4/h6-12H,5H2,1-4H3,(H,23,27)(H,24,29)(H,25,26). The van der Waals surface area contributed by atoms with Gasteiger partial charge in [-0.1, -0.05) is 0 Å². The van der Waals surface area contributed by atoms with E-state index in [9.17, 15) is 14.4 Å². The molecule has 0 bridgehead atoms. The Kier molecular flexibility index (Phi) is 6.24. The number of hydrogen-bond acceptors (Lipinski definition) is 6. The van der Waals surface area contributed by atoms with E-state index in [4.69, 9.17) is 9.47 Å². The predicted octanol–water partition coefficient (Wildman–Crippen LogP) is 4.34. The molecule has 0 unspecified atom stereocenters. The Labute approximate surface area is 179 Å². The number of aromatic nitrogens is 2. The van der Waals surface area contributed by atoms with E-state index in [1.54, 1.807) is 70.2 Å². The van der Waals surface area contributed by atoms with Crippen LogP contribution in [0.1, 0.15) is 48.7 Å². The molecule has 2 amide bonds. The van der Waals surface area contributed by atoms with Crippen LogP contribution in [0.25, 0.3) is 11.0 Å². The summed E-state index contributed by atoms with van der Waals surface area (Å²) in [7, 11) is 0. The molecular weight excluding hydrogens is 400 g/mol. The topological polar surface area (TPSA) is 122 Å². The molecule has 9 nitrogen and oxygen atoms in total. The molecule has 2 aromatic carbocycles. The second-order valence-electron chi connectivity index (χ2n) is 7.70. The number of H-pyrrole nitrogens is 1. The first-order valence-electron chi connectivity index (χ1n) is 9.73. The summed E-state index contributed by atoms with van der Waals surface area (Å²) in [5, 5.41) is 5.35. The van der Waals surface area contributed by atoms with Crippen molar-refractivity contribution in [2.45, 2.75) is 33.3 Å². The molecule has 0 aliphatic heterocycles. The number of fused-ring (bicyclic) bond motifs is 1. The van der Waals surface area contributed by atoms with Gasteiger partial charge in [0.1, 0.15) is 5.60 Å². The summed E-state index contributed by atoms with van der Waals surface area (Å²) in [5.74, 6) is -0.785. The van der Waals surface area contributed by atoms with Gasteiger partial charge in [-0.15, -0.1) is 0 Å². The number of amides is 2. The molecule has 0 saturated carbocycles. The van der Waals surface area contributed by atoms with Crippen LogP contribution < -0.4 is 10.6 Å². The quantitative estimate of drug-likeness (QED) is 0.524. The molecule has 9 heteroatoms. The molecule has 31 heavy (non-hydrogen) atoms. The number of carbonyl (C=O) groups excluding carboxylic acids is 3. The van der Waals surface area contributed by atoms with Crippen LogP contribution in [0.15, 0.2) is 42.5 Å². The third-order valence-electron chi connectivity index (χ3n) is 4.00. The summed E-state index contributed by atoms with van der Waals surface area (Å²) < 4.78 is 10.2. The fourth-order valence-corrected chi connectivity index (χ4v) is 2.70. The summed E-state index contributed by atoms with van der Waals surface area (Å²) in [6, 6.07) is 11.4. The number of rotatable bonds is 5. The van der Waals surface area contributed by atoms with Gasteiger partial charge in [-0.2, -0.15) is 0 Å². The number of aromatic amines is 1. The van der Waals surface area contributed by atoms with Crippen molar-refractivity contribution in [3.05, 3.63) is 53.9 Å². The Morgan fingerprint density at radius 2 is 1.65 bits per heavy atom. The zero-order valence-electron chi connectivity index (χ0n) is 17.7. The van der Waals surface area contributed by atoms with Crippen molar-refractivity contribution in [1.82, 2.24) is 9.97 Å². The van der Waals surface area contributed by atoms with E-state index in [1.807, 2.05) is 0 Å². The highest BCUT2D eigenvalue weighted by Gasteiger charge is 2.17. The van der Waals surface area contributed by atoms with Gasteiger partial charge in [0.2, 0.25) is 0 Å². The van der Waals surface area contributed by atoms with Crippen molar-refractivity contribution in [2.75, 3.05) is 17.2 Å². The fourth-order valence-electron chi connectivity index (χ4n) is 2.70. The average molecular weight is 424 g/mol. The van der Waals surface area contributed by atoms with Crippen molar-refractivity contribution in [1.29, 1.82) is 0 Å². The molecule has 3 rings (SSSR count). The second-order valence-corrected chi connectivity index (χ2v) is 7.70. The van der Waals surface area contributed by atoms with E-state index in [0.717, 1.165) is 0 Å². The summed E-state index contributed by atoms with van der Waals surface area (Å²) in [4.78, 5) is 43.4. The molecule has 0 radical (unpaired) electrons. The maximum atomic E-state index is 12.5. The average Bonchev–Trinajstić information content (AvgIpc) is 3.11. The van der Waals surface area contributed by atoms with Gasteiger partial charge in [-0.25, -0.2) is 14.6 Å². The molecule has 0 saturated heterocycles. The summed E-state index contributed by atoms with van der Waals surface area (Å²) in [6.07, 6.45) is -0.561. The van der Waals surface area contributed by atoms with E-state index in [2.05, 4.69) is 20.6 Å². The van der Waals surface area contributed by atoms with Crippen LogP contribution in [-0.4, -0.2) is 40.1 Å². The molecule has 1 aromatic heterocycles. The van der Waals surface area contributed by atoms with Crippen LogP contribution in [-0.2, 0) is 9.47 Å². The molecule has 3 aromatic rings. The highest BCUT2D eigenvalue weighted by atomic mass is 16.6. The van der Waals surface area contributed by atoms with E-state index in [-0.39, 0.29) is 12.4 Å². The number of nitrogens with zero attached hydrogens (tertiary/aromatic N) is 1. The maximum absolute atomic E-state index is 12.5. The number of benzene rings is 2. The SMILES string of the molecule is CCOC(=O)c1ccc2[nH]c(C(=O)Nc3ccc(NC(=O)OC(C)(C)C)cc3)nc2c1. The Hall–Kier alpha value is -3.88. The molecule has 3 N–H and O–H groups in total. The Morgan fingerprint density at radius 3 is 2.26 bits per heavy atom. The lowest BCUT2D eigenvalue weighted by atomic mass is 10.2. The summed E-state index contributed by atoms with van der Waals surface area (Å²) in [6.45, 7) is 7.34. The Morgan fingerprint density at radius 1 is 1.00 bits per heavy atom. The lowest BCUT2D eigenvalue weighted by Gasteiger charge is -2.19. The molecule has 0 spiro atoms. The van der Waals surface area contributed by atoms with Gasteiger partial charge in [0.25, 0.3) is 5.91 Å².